The molecule has 0 N–H and O–H groups in total. The molecule has 0 spiro atoms. The van der Waals surface area contributed by atoms with Gasteiger partial charge in [0, 0.05) is 40.1 Å². The second-order valence-electron chi connectivity index (χ2n) is 3.96. The van der Waals surface area contributed by atoms with Gasteiger partial charge in [0.2, 0.25) is 0 Å². The smallest absolute Gasteiger partial charge is 0.0470 e. The molecule has 1 aromatic rings. The van der Waals surface area contributed by atoms with E-state index in [0.29, 0.717) is 0 Å². The molecule has 3 heteroatoms. The summed E-state index contributed by atoms with van der Waals surface area (Å²) in [7, 11) is 7.87. The molecule has 0 fully saturated rings. The van der Waals surface area contributed by atoms with Crippen LogP contribution < -0.4 is 4.90 Å². The molecule has 0 saturated heterocycles. The third-order valence-corrected chi connectivity index (χ3v) is 2.08. The van der Waals surface area contributed by atoms with E-state index in [9.17, 15) is 0 Å². The van der Waals surface area contributed by atoms with E-state index in [2.05, 4.69) is 34.3 Å². The van der Waals surface area contributed by atoms with E-state index < -0.39 is 0 Å². The Morgan fingerprint density at radius 3 is 2.12 bits per heavy atom. The zero-order chi connectivity index (χ0) is 12.0. The zero-order valence-corrected chi connectivity index (χ0v) is 10.4. The zero-order valence-electron chi connectivity index (χ0n) is 10.4. The fourth-order valence-electron chi connectivity index (χ4n) is 1.21. The largest absolute Gasteiger partial charge is 0.378 e. The Morgan fingerprint density at radius 1 is 1.00 bits per heavy atom. The first-order valence-electron chi connectivity index (χ1n) is 5.25. The van der Waals surface area contributed by atoms with Crippen LogP contribution in [0.25, 0.3) is 6.08 Å². The highest BCUT2D eigenvalue weighted by Crippen LogP contribution is 2.12. The molecule has 0 aliphatic carbocycles. The van der Waals surface area contributed by atoms with Gasteiger partial charge in [-0.1, -0.05) is 18.2 Å². The molecule has 1 aromatic carbocycles. The van der Waals surface area contributed by atoms with Crippen LogP contribution in [0.5, 0.6) is 0 Å². The number of nitrogens with zero attached hydrogens (tertiary/aromatic N) is 3. The van der Waals surface area contributed by atoms with Crippen LogP contribution in [0.3, 0.4) is 0 Å². The van der Waals surface area contributed by atoms with Crippen molar-refractivity contribution >= 4 is 18.0 Å². The average Bonchev–Trinajstić information content (AvgIpc) is 2.25. The normalized spacial score (nSPS) is 11.2. The van der Waals surface area contributed by atoms with Gasteiger partial charge in [0.15, 0.2) is 0 Å². The van der Waals surface area contributed by atoms with Gasteiger partial charge in [-0.15, -0.1) is 0 Å². The summed E-state index contributed by atoms with van der Waals surface area (Å²) < 4.78 is 0. The maximum atomic E-state index is 4.10. The van der Waals surface area contributed by atoms with Crippen molar-refractivity contribution in [2.24, 2.45) is 5.10 Å². The monoisotopic (exact) mass is 217 g/mol. The first-order valence-corrected chi connectivity index (χ1v) is 5.25. The van der Waals surface area contributed by atoms with Gasteiger partial charge in [-0.3, -0.25) is 0 Å². The van der Waals surface area contributed by atoms with Crippen LogP contribution in [-0.4, -0.2) is 39.4 Å². The van der Waals surface area contributed by atoms with Gasteiger partial charge in [0.25, 0.3) is 0 Å². The Bertz CT molecular complexity index is 361. The summed E-state index contributed by atoms with van der Waals surface area (Å²) in [5.41, 5.74) is 2.38. The number of benzene rings is 1. The van der Waals surface area contributed by atoms with Crippen molar-refractivity contribution < 1.29 is 0 Å². The minimum absolute atomic E-state index is 1.18. The lowest BCUT2D eigenvalue weighted by molar-refractivity contribution is 0.440. The molecule has 0 saturated carbocycles. The molecule has 0 radical (unpaired) electrons. The van der Waals surface area contributed by atoms with E-state index in [0.717, 1.165) is 0 Å². The average molecular weight is 217 g/mol. The number of anilines is 1. The molecule has 0 unspecified atom stereocenters. The summed E-state index contributed by atoms with van der Waals surface area (Å²) in [6, 6.07) is 8.39. The van der Waals surface area contributed by atoms with E-state index in [1.54, 1.807) is 11.2 Å². The lowest BCUT2D eigenvalue weighted by Gasteiger charge is -2.11. The summed E-state index contributed by atoms with van der Waals surface area (Å²) in [5, 5.41) is 5.86. The maximum absolute atomic E-state index is 4.10. The number of rotatable bonds is 4. The molecule has 86 valence electrons. The Balaban J connectivity index is 2.62. The minimum Gasteiger partial charge on any atom is -0.378 e. The van der Waals surface area contributed by atoms with Gasteiger partial charge < -0.3 is 9.91 Å². The Hall–Kier alpha value is -1.77. The van der Waals surface area contributed by atoms with Gasteiger partial charge >= 0.3 is 0 Å². The van der Waals surface area contributed by atoms with Crippen LogP contribution >= 0.6 is 0 Å². The Kier molecular flexibility index (Phi) is 4.58. The summed E-state index contributed by atoms with van der Waals surface area (Å²) in [5.74, 6) is 0. The third kappa shape index (κ3) is 4.17. The van der Waals surface area contributed by atoms with Gasteiger partial charge in [0.1, 0.15) is 0 Å². The molecule has 0 aliphatic heterocycles. The molecule has 0 bridgehead atoms. The highest BCUT2D eigenvalue weighted by atomic mass is 15.4. The second-order valence-corrected chi connectivity index (χ2v) is 3.96. The maximum Gasteiger partial charge on any atom is 0.0470 e. The Morgan fingerprint density at radius 2 is 1.62 bits per heavy atom. The molecular formula is C13H19N3. The first kappa shape index (κ1) is 12.3. The fourth-order valence-corrected chi connectivity index (χ4v) is 1.21. The molecular weight excluding hydrogens is 198 g/mol. The van der Waals surface area contributed by atoms with Crippen LogP contribution in [0.2, 0.25) is 0 Å². The molecule has 16 heavy (non-hydrogen) atoms. The second kappa shape index (κ2) is 5.95. The van der Waals surface area contributed by atoms with E-state index in [1.807, 2.05) is 40.3 Å². The van der Waals surface area contributed by atoms with Gasteiger partial charge in [0.05, 0.1) is 0 Å². The molecule has 0 amide bonds. The number of hydrogen-bond acceptors (Lipinski definition) is 3. The number of allylic oxidation sites excluding steroid dienone is 1. The summed E-state index contributed by atoms with van der Waals surface area (Å²) in [6.07, 6.45) is 5.75. The molecule has 3 nitrogen and oxygen atoms in total. The highest BCUT2D eigenvalue weighted by molar-refractivity contribution is 5.78. The molecule has 0 aromatic heterocycles. The van der Waals surface area contributed by atoms with E-state index in [4.69, 9.17) is 0 Å². The fraction of sp³-hybridized carbons (Fsp3) is 0.308. The lowest BCUT2D eigenvalue weighted by atomic mass is 10.2. The topological polar surface area (TPSA) is 18.8 Å². The van der Waals surface area contributed by atoms with Crippen LogP contribution in [0, 0.1) is 0 Å². The summed E-state index contributed by atoms with van der Waals surface area (Å²) >= 11 is 0. The molecule has 0 heterocycles. The summed E-state index contributed by atoms with van der Waals surface area (Å²) in [6.45, 7) is 0. The van der Waals surface area contributed by atoms with Crippen molar-refractivity contribution in [3.8, 4) is 0 Å². The van der Waals surface area contributed by atoms with Gasteiger partial charge in [-0.2, -0.15) is 5.10 Å². The molecule has 0 atom stereocenters. The summed E-state index contributed by atoms with van der Waals surface area (Å²) in [4.78, 5) is 2.08. The third-order valence-electron chi connectivity index (χ3n) is 2.08. The lowest BCUT2D eigenvalue weighted by Crippen LogP contribution is -2.07. The minimum atomic E-state index is 1.18. The predicted molar refractivity (Wildman–Crippen MR) is 72.0 cm³/mol. The van der Waals surface area contributed by atoms with Crippen LogP contribution in [-0.2, 0) is 0 Å². The predicted octanol–water partition coefficient (Wildman–Crippen LogP) is 2.31. The van der Waals surface area contributed by atoms with Crippen LogP contribution in [0.4, 0.5) is 5.69 Å². The van der Waals surface area contributed by atoms with Crippen molar-refractivity contribution in [3.63, 3.8) is 0 Å². The van der Waals surface area contributed by atoms with Crippen LogP contribution in [0.15, 0.2) is 35.4 Å². The van der Waals surface area contributed by atoms with Crippen molar-refractivity contribution in [1.82, 2.24) is 5.01 Å². The van der Waals surface area contributed by atoms with Crippen molar-refractivity contribution in [2.75, 3.05) is 33.1 Å². The highest BCUT2D eigenvalue weighted by Gasteiger charge is 1.92. The standard InChI is InChI=1S/C13H19N3/c1-15(2)13-9-7-12(8-10-13)6-5-11-14-16(3)4/h5-11H,1-4H3. The number of hydrazone groups is 1. The van der Waals surface area contributed by atoms with E-state index in [-0.39, 0.29) is 0 Å². The quantitative estimate of drug-likeness (QED) is 0.569. The first-order chi connectivity index (χ1) is 7.59. The number of hydrogen-bond donors (Lipinski definition) is 0. The van der Waals surface area contributed by atoms with Crippen molar-refractivity contribution in [3.05, 3.63) is 35.9 Å². The van der Waals surface area contributed by atoms with Crippen molar-refractivity contribution in [1.29, 1.82) is 0 Å². The van der Waals surface area contributed by atoms with E-state index in [1.165, 1.54) is 11.3 Å². The van der Waals surface area contributed by atoms with Crippen molar-refractivity contribution in [2.45, 2.75) is 0 Å². The van der Waals surface area contributed by atoms with Gasteiger partial charge in [-0.25, -0.2) is 0 Å². The van der Waals surface area contributed by atoms with Gasteiger partial charge in [-0.05, 0) is 23.8 Å². The van der Waals surface area contributed by atoms with Crippen LogP contribution in [0.1, 0.15) is 5.56 Å². The molecule has 1 rings (SSSR count). The Labute approximate surface area is 97.7 Å². The SMILES string of the molecule is CN(C)N=CC=Cc1ccc(N(C)C)cc1. The molecule has 0 aliphatic rings. The van der Waals surface area contributed by atoms with E-state index >= 15 is 0 Å².